The smallest absolute Gasteiger partial charge is 0.222 e. The van der Waals surface area contributed by atoms with Gasteiger partial charge in [-0.1, -0.05) is 34.1 Å². The van der Waals surface area contributed by atoms with Crippen LogP contribution in [-0.4, -0.2) is 30.4 Å². The highest BCUT2D eigenvalue weighted by molar-refractivity contribution is 5.76. The van der Waals surface area contributed by atoms with Crippen molar-refractivity contribution in [1.82, 2.24) is 4.90 Å². The molecule has 0 saturated carbocycles. The third kappa shape index (κ3) is 3.98. The Kier molecular flexibility index (Phi) is 4.99. The van der Waals surface area contributed by atoms with Gasteiger partial charge in [0.05, 0.1) is 0 Å². The minimum Gasteiger partial charge on any atom is -0.342 e. The molecule has 1 saturated heterocycles. The Morgan fingerprint density at radius 1 is 1.47 bits per heavy atom. The van der Waals surface area contributed by atoms with E-state index in [-0.39, 0.29) is 0 Å². The molecule has 0 aromatic carbocycles. The molecule has 1 aliphatic rings. The summed E-state index contributed by atoms with van der Waals surface area (Å²) in [5.74, 6) is 1.30. The summed E-state index contributed by atoms with van der Waals surface area (Å²) in [7, 11) is 0. The lowest BCUT2D eigenvalue weighted by Gasteiger charge is -2.27. The van der Waals surface area contributed by atoms with Gasteiger partial charge in [-0.2, -0.15) is 0 Å². The van der Waals surface area contributed by atoms with E-state index in [4.69, 9.17) is 5.73 Å². The molecule has 1 fully saturated rings. The number of hydrogen-bond donors (Lipinski definition) is 1. The van der Waals surface area contributed by atoms with Gasteiger partial charge in [0.1, 0.15) is 0 Å². The Balaban J connectivity index is 2.45. The second-order valence-electron chi connectivity index (χ2n) is 6.41. The fraction of sp³-hybridized carbons (Fsp3) is 0.929. The highest BCUT2D eigenvalue weighted by Crippen LogP contribution is 2.33. The van der Waals surface area contributed by atoms with Gasteiger partial charge in [0.25, 0.3) is 0 Å². The summed E-state index contributed by atoms with van der Waals surface area (Å²) < 4.78 is 0. The molecule has 0 aromatic heterocycles. The van der Waals surface area contributed by atoms with E-state index in [1.165, 1.54) is 0 Å². The average molecular weight is 240 g/mol. The van der Waals surface area contributed by atoms with Crippen molar-refractivity contribution in [3.8, 4) is 0 Å². The van der Waals surface area contributed by atoms with E-state index >= 15 is 0 Å². The monoisotopic (exact) mass is 240 g/mol. The van der Waals surface area contributed by atoms with Gasteiger partial charge in [-0.15, -0.1) is 0 Å². The molecule has 2 atom stereocenters. The lowest BCUT2D eigenvalue weighted by molar-refractivity contribution is -0.131. The first-order valence-electron chi connectivity index (χ1n) is 6.86. The first-order chi connectivity index (χ1) is 7.88. The van der Waals surface area contributed by atoms with Crippen LogP contribution in [0.15, 0.2) is 0 Å². The van der Waals surface area contributed by atoms with Crippen molar-refractivity contribution in [2.45, 2.75) is 47.0 Å². The maximum Gasteiger partial charge on any atom is 0.222 e. The first-order valence-corrected chi connectivity index (χ1v) is 6.86. The van der Waals surface area contributed by atoms with Gasteiger partial charge in [-0.3, -0.25) is 4.79 Å². The second-order valence-corrected chi connectivity index (χ2v) is 6.41. The van der Waals surface area contributed by atoms with Crippen molar-refractivity contribution in [3.05, 3.63) is 0 Å². The Bertz CT molecular complexity index is 253. The van der Waals surface area contributed by atoms with E-state index in [2.05, 4.69) is 27.7 Å². The summed E-state index contributed by atoms with van der Waals surface area (Å²) in [6, 6.07) is 0. The van der Waals surface area contributed by atoms with E-state index in [1.54, 1.807) is 0 Å². The van der Waals surface area contributed by atoms with Crippen LogP contribution in [0.1, 0.15) is 47.0 Å². The number of carbonyl (C=O) groups excluding carboxylic acids is 1. The third-order valence-corrected chi connectivity index (χ3v) is 4.14. The van der Waals surface area contributed by atoms with Crippen LogP contribution in [0.5, 0.6) is 0 Å². The van der Waals surface area contributed by atoms with Crippen LogP contribution < -0.4 is 5.73 Å². The molecule has 1 rings (SSSR count). The van der Waals surface area contributed by atoms with Crippen molar-refractivity contribution in [1.29, 1.82) is 0 Å². The topological polar surface area (TPSA) is 46.3 Å². The highest BCUT2D eigenvalue weighted by Gasteiger charge is 2.33. The molecule has 1 amide bonds. The van der Waals surface area contributed by atoms with Crippen molar-refractivity contribution >= 4 is 5.91 Å². The standard InChI is InChI=1S/C14H28N2O/c1-5-11(9-15)8-13(17)16-7-6-12(10-16)14(2,3)4/h11-12H,5-10,15H2,1-4H3. The lowest BCUT2D eigenvalue weighted by Crippen LogP contribution is -2.33. The van der Waals surface area contributed by atoms with Crippen LogP contribution in [0.25, 0.3) is 0 Å². The predicted octanol–water partition coefficient (Wildman–Crippen LogP) is 2.26. The van der Waals surface area contributed by atoms with Gasteiger partial charge in [-0.25, -0.2) is 0 Å². The quantitative estimate of drug-likeness (QED) is 0.819. The Morgan fingerprint density at radius 2 is 2.12 bits per heavy atom. The summed E-state index contributed by atoms with van der Waals surface area (Å²) in [5, 5.41) is 0. The number of nitrogens with zero attached hydrogens (tertiary/aromatic N) is 1. The van der Waals surface area contributed by atoms with Gasteiger partial charge in [0.2, 0.25) is 5.91 Å². The third-order valence-electron chi connectivity index (χ3n) is 4.14. The molecule has 2 unspecified atom stereocenters. The molecule has 17 heavy (non-hydrogen) atoms. The van der Waals surface area contributed by atoms with E-state index in [0.717, 1.165) is 25.9 Å². The maximum absolute atomic E-state index is 12.1. The molecule has 0 radical (unpaired) electrons. The SMILES string of the molecule is CCC(CN)CC(=O)N1CCC(C(C)(C)C)C1. The molecule has 0 aliphatic carbocycles. The van der Waals surface area contributed by atoms with Crippen LogP contribution in [-0.2, 0) is 4.79 Å². The number of amides is 1. The zero-order chi connectivity index (χ0) is 13.1. The van der Waals surface area contributed by atoms with E-state index < -0.39 is 0 Å². The van der Waals surface area contributed by atoms with Crippen molar-refractivity contribution in [2.75, 3.05) is 19.6 Å². The fourth-order valence-corrected chi connectivity index (χ4v) is 2.46. The summed E-state index contributed by atoms with van der Waals surface area (Å²) in [5.41, 5.74) is 5.97. The molecule has 0 bridgehead atoms. The van der Waals surface area contributed by atoms with Crippen molar-refractivity contribution in [3.63, 3.8) is 0 Å². The molecule has 1 heterocycles. The van der Waals surface area contributed by atoms with Gasteiger partial charge >= 0.3 is 0 Å². The van der Waals surface area contributed by atoms with Gasteiger partial charge in [0, 0.05) is 19.5 Å². The molecule has 3 nitrogen and oxygen atoms in total. The minimum atomic E-state index is 0.300. The summed E-state index contributed by atoms with van der Waals surface area (Å²) in [4.78, 5) is 14.2. The number of hydrogen-bond acceptors (Lipinski definition) is 2. The van der Waals surface area contributed by atoms with Crippen LogP contribution in [0.3, 0.4) is 0 Å². The molecule has 3 heteroatoms. The van der Waals surface area contributed by atoms with Crippen LogP contribution in [0, 0.1) is 17.3 Å². The summed E-state index contributed by atoms with van der Waals surface area (Å²) in [6.45, 7) is 11.4. The van der Waals surface area contributed by atoms with Crippen molar-refractivity contribution in [2.24, 2.45) is 23.0 Å². The number of rotatable bonds is 4. The van der Waals surface area contributed by atoms with Gasteiger partial charge in [-0.05, 0) is 30.2 Å². The zero-order valence-corrected chi connectivity index (χ0v) is 11.8. The number of carbonyl (C=O) groups is 1. The normalized spacial score (nSPS) is 22.9. The average Bonchev–Trinajstić information content (AvgIpc) is 2.74. The number of nitrogens with two attached hydrogens (primary N) is 1. The largest absolute Gasteiger partial charge is 0.342 e. The maximum atomic E-state index is 12.1. The predicted molar refractivity (Wildman–Crippen MR) is 71.6 cm³/mol. The molecule has 2 N–H and O–H groups in total. The van der Waals surface area contributed by atoms with Crippen LogP contribution in [0.2, 0.25) is 0 Å². The minimum absolute atomic E-state index is 0.300. The summed E-state index contributed by atoms with van der Waals surface area (Å²) in [6.07, 6.45) is 2.78. The Morgan fingerprint density at radius 3 is 2.53 bits per heavy atom. The Labute approximate surface area is 106 Å². The first kappa shape index (κ1) is 14.5. The lowest BCUT2D eigenvalue weighted by atomic mass is 9.80. The molecule has 100 valence electrons. The van der Waals surface area contributed by atoms with Gasteiger partial charge in [0.15, 0.2) is 0 Å². The van der Waals surface area contributed by atoms with Gasteiger partial charge < -0.3 is 10.6 Å². The zero-order valence-electron chi connectivity index (χ0n) is 11.8. The number of likely N-dealkylation sites (tertiary alicyclic amines) is 1. The van der Waals surface area contributed by atoms with E-state index in [9.17, 15) is 4.79 Å². The summed E-state index contributed by atoms with van der Waals surface area (Å²) >= 11 is 0. The molecule has 0 spiro atoms. The molecular weight excluding hydrogens is 212 g/mol. The Hall–Kier alpha value is -0.570. The molecular formula is C14H28N2O. The fourth-order valence-electron chi connectivity index (χ4n) is 2.46. The second kappa shape index (κ2) is 5.85. The highest BCUT2D eigenvalue weighted by atomic mass is 16.2. The molecule has 1 aliphatic heterocycles. The van der Waals surface area contributed by atoms with E-state index in [0.29, 0.717) is 36.1 Å². The molecule has 0 aromatic rings. The van der Waals surface area contributed by atoms with Crippen molar-refractivity contribution < 1.29 is 4.79 Å². The van der Waals surface area contributed by atoms with Crippen LogP contribution >= 0.6 is 0 Å². The van der Waals surface area contributed by atoms with Crippen LogP contribution in [0.4, 0.5) is 0 Å². The van der Waals surface area contributed by atoms with E-state index in [1.807, 2.05) is 4.90 Å².